The Morgan fingerprint density at radius 3 is 1.50 bits per heavy atom. The molecule has 262 valence electrons. The number of rotatable bonds is 32. The van der Waals surface area contributed by atoms with E-state index in [4.69, 9.17) is 9.47 Å². The molecule has 0 aromatic carbocycles. The predicted molar refractivity (Wildman–Crippen MR) is 196 cm³/mol. The number of hydrogen-bond donors (Lipinski definition) is 1. The van der Waals surface area contributed by atoms with E-state index in [2.05, 4.69) is 86.8 Å². The SMILES string of the molecule is CCC=CCC=CCC=CCC=CCC=CCCCC(=O)OCC(CO)OC(=O)CCCCCCCC=CCCCCCCCC. The van der Waals surface area contributed by atoms with Crippen LogP contribution in [0.4, 0.5) is 0 Å². The van der Waals surface area contributed by atoms with Gasteiger partial charge in [0.05, 0.1) is 6.61 Å². The van der Waals surface area contributed by atoms with E-state index in [9.17, 15) is 14.7 Å². The van der Waals surface area contributed by atoms with Crippen molar-refractivity contribution in [2.45, 2.75) is 161 Å². The molecule has 5 heteroatoms. The summed E-state index contributed by atoms with van der Waals surface area (Å²) >= 11 is 0. The number of unbranched alkanes of at least 4 members (excludes halogenated alkanes) is 12. The molecule has 0 saturated heterocycles. The summed E-state index contributed by atoms with van der Waals surface area (Å²) in [5.41, 5.74) is 0. The molecule has 0 radical (unpaired) electrons. The molecule has 46 heavy (non-hydrogen) atoms. The third-order valence-electron chi connectivity index (χ3n) is 7.48. The van der Waals surface area contributed by atoms with Gasteiger partial charge in [-0.1, -0.05) is 138 Å². The fraction of sp³-hybridized carbons (Fsp3) is 0.659. The van der Waals surface area contributed by atoms with Crippen molar-refractivity contribution in [2.24, 2.45) is 0 Å². The topological polar surface area (TPSA) is 72.8 Å². The van der Waals surface area contributed by atoms with Crippen molar-refractivity contribution >= 4 is 11.9 Å². The first-order valence-corrected chi connectivity index (χ1v) is 18.5. The normalized spacial score (nSPS) is 13.0. The van der Waals surface area contributed by atoms with Gasteiger partial charge in [0.15, 0.2) is 6.10 Å². The summed E-state index contributed by atoms with van der Waals surface area (Å²) in [5.74, 6) is -0.676. The maximum atomic E-state index is 12.1. The summed E-state index contributed by atoms with van der Waals surface area (Å²) in [6, 6.07) is 0. The second-order valence-electron chi connectivity index (χ2n) is 11.9. The minimum atomic E-state index is -0.800. The third-order valence-corrected chi connectivity index (χ3v) is 7.48. The maximum absolute atomic E-state index is 12.1. The van der Waals surface area contributed by atoms with Crippen molar-refractivity contribution in [2.75, 3.05) is 13.2 Å². The summed E-state index contributed by atoms with van der Waals surface area (Å²) < 4.78 is 10.5. The van der Waals surface area contributed by atoms with Crippen LogP contribution in [0.25, 0.3) is 0 Å². The van der Waals surface area contributed by atoms with Crippen LogP contribution in [0.3, 0.4) is 0 Å². The van der Waals surface area contributed by atoms with E-state index in [1.165, 1.54) is 57.8 Å². The molecule has 0 aromatic heterocycles. The molecule has 1 N–H and O–H groups in total. The van der Waals surface area contributed by atoms with Gasteiger partial charge in [-0.2, -0.15) is 0 Å². The minimum absolute atomic E-state index is 0.102. The molecule has 5 nitrogen and oxygen atoms in total. The standard InChI is InChI=1S/C41H68O5/c1-3-5-7-9-11-13-15-17-19-20-22-23-25-27-29-31-33-35-40(43)45-38-39(37-42)46-41(44)36-34-32-30-28-26-24-21-18-16-14-12-10-8-6-4-2/h5,7,11,13,17-19,21-23,27,29,39,42H,3-4,6,8-10,12,14-16,20,24-26,28,30-38H2,1-2H3. The minimum Gasteiger partial charge on any atom is -0.462 e. The zero-order valence-electron chi connectivity index (χ0n) is 29.6. The first-order chi connectivity index (χ1) is 22.6. The fourth-order valence-electron chi connectivity index (χ4n) is 4.70. The third kappa shape index (κ3) is 34.2. The van der Waals surface area contributed by atoms with Gasteiger partial charge in [-0.15, -0.1) is 0 Å². The largest absolute Gasteiger partial charge is 0.462 e. The van der Waals surface area contributed by atoms with Crippen LogP contribution in [0.1, 0.15) is 155 Å². The summed E-state index contributed by atoms with van der Waals surface area (Å²) in [6.07, 6.45) is 48.2. The molecular weight excluding hydrogens is 572 g/mol. The van der Waals surface area contributed by atoms with E-state index >= 15 is 0 Å². The predicted octanol–water partition coefficient (Wildman–Crippen LogP) is 11.4. The van der Waals surface area contributed by atoms with Gasteiger partial charge in [-0.3, -0.25) is 9.59 Å². The lowest BCUT2D eigenvalue weighted by molar-refractivity contribution is -0.161. The monoisotopic (exact) mass is 641 g/mol. The summed E-state index contributed by atoms with van der Waals surface area (Å²) in [7, 11) is 0. The van der Waals surface area contributed by atoms with E-state index in [1.54, 1.807) is 0 Å². The molecule has 0 saturated carbocycles. The molecule has 0 heterocycles. The first kappa shape index (κ1) is 43.3. The zero-order valence-corrected chi connectivity index (χ0v) is 29.6. The average molecular weight is 641 g/mol. The lowest BCUT2D eigenvalue weighted by Gasteiger charge is -2.15. The Kier molecular flexibility index (Phi) is 34.7. The van der Waals surface area contributed by atoms with Gasteiger partial charge >= 0.3 is 11.9 Å². The van der Waals surface area contributed by atoms with Gasteiger partial charge in [0.25, 0.3) is 0 Å². The van der Waals surface area contributed by atoms with E-state index < -0.39 is 6.10 Å². The van der Waals surface area contributed by atoms with Crippen LogP contribution < -0.4 is 0 Å². The highest BCUT2D eigenvalue weighted by atomic mass is 16.6. The molecule has 0 spiro atoms. The number of aliphatic hydroxyl groups is 1. The van der Waals surface area contributed by atoms with Gasteiger partial charge < -0.3 is 14.6 Å². The number of aliphatic hydroxyl groups excluding tert-OH is 1. The summed E-state index contributed by atoms with van der Waals surface area (Å²) in [5, 5.41) is 9.53. The molecule has 0 aliphatic heterocycles. The van der Waals surface area contributed by atoms with Gasteiger partial charge in [-0.05, 0) is 77.0 Å². The molecule has 1 atom stereocenters. The van der Waals surface area contributed by atoms with Crippen molar-refractivity contribution in [3.8, 4) is 0 Å². The van der Waals surface area contributed by atoms with Crippen LogP contribution in [0.15, 0.2) is 72.9 Å². The zero-order chi connectivity index (χ0) is 33.6. The Morgan fingerprint density at radius 1 is 0.522 bits per heavy atom. The highest BCUT2D eigenvalue weighted by molar-refractivity contribution is 5.70. The van der Waals surface area contributed by atoms with Gasteiger partial charge in [-0.25, -0.2) is 0 Å². The average Bonchev–Trinajstić information content (AvgIpc) is 3.06. The Hall–Kier alpha value is -2.66. The lowest BCUT2D eigenvalue weighted by Crippen LogP contribution is -2.28. The molecule has 0 amide bonds. The van der Waals surface area contributed by atoms with E-state index in [0.717, 1.165) is 64.2 Å². The van der Waals surface area contributed by atoms with Crippen molar-refractivity contribution in [3.63, 3.8) is 0 Å². The Labute approximate surface area is 283 Å². The molecular formula is C41H68O5. The molecule has 1 unspecified atom stereocenters. The first-order valence-electron chi connectivity index (χ1n) is 18.5. The highest BCUT2D eigenvalue weighted by Gasteiger charge is 2.15. The van der Waals surface area contributed by atoms with Crippen molar-refractivity contribution in [1.82, 2.24) is 0 Å². The van der Waals surface area contributed by atoms with Crippen molar-refractivity contribution in [3.05, 3.63) is 72.9 Å². The quantitative estimate of drug-likeness (QED) is 0.0450. The number of hydrogen-bond acceptors (Lipinski definition) is 5. The van der Waals surface area contributed by atoms with Crippen LogP contribution in [-0.4, -0.2) is 36.4 Å². The Bertz CT molecular complexity index is 864. The summed E-state index contributed by atoms with van der Waals surface area (Å²) in [6.45, 7) is 3.94. The van der Waals surface area contributed by atoms with Crippen LogP contribution in [0.2, 0.25) is 0 Å². The van der Waals surface area contributed by atoms with Gasteiger partial charge in [0, 0.05) is 12.8 Å². The van der Waals surface area contributed by atoms with Crippen LogP contribution in [0, 0.1) is 0 Å². The highest BCUT2D eigenvalue weighted by Crippen LogP contribution is 2.11. The number of ether oxygens (including phenoxy) is 2. The van der Waals surface area contributed by atoms with Crippen LogP contribution in [0.5, 0.6) is 0 Å². The second-order valence-corrected chi connectivity index (χ2v) is 11.9. The van der Waals surface area contributed by atoms with Crippen molar-refractivity contribution < 1.29 is 24.2 Å². The van der Waals surface area contributed by atoms with E-state index in [0.29, 0.717) is 19.3 Å². The number of esters is 2. The van der Waals surface area contributed by atoms with Gasteiger partial charge in [0.1, 0.15) is 6.61 Å². The van der Waals surface area contributed by atoms with Gasteiger partial charge in [0.2, 0.25) is 0 Å². The van der Waals surface area contributed by atoms with Crippen LogP contribution >= 0.6 is 0 Å². The number of carbonyl (C=O) groups excluding carboxylic acids is 2. The van der Waals surface area contributed by atoms with Crippen molar-refractivity contribution in [1.29, 1.82) is 0 Å². The molecule has 0 aliphatic rings. The lowest BCUT2D eigenvalue weighted by atomic mass is 10.1. The van der Waals surface area contributed by atoms with Crippen LogP contribution in [-0.2, 0) is 19.1 Å². The number of allylic oxidation sites excluding steroid dienone is 12. The molecule has 0 aromatic rings. The van der Waals surface area contributed by atoms with E-state index in [-0.39, 0.29) is 25.2 Å². The fourth-order valence-corrected chi connectivity index (χ4v) is 4.70. The number of carbonyl (C=O) groups is 2. The molecule has 0 fully saturated rings. The smallest absolute Gasteiger partial charge is 0.306 e. The molecule has 0 aliphatic carbocycles. The summed E-state index contributed by atoms with van der Waals surface area (Å²) in [4.78, 5) is 24.2. The molecule has 0 bridgehead atoms. The second kappa shape index (κ2) is 36.8. The van der Waals surface area contributed by atoms with E-state index in [1.807, 2.05) is 0 Å². The Morgan fingerprint density at radius 2 is 0.957 bits per heavy atom. The maximum Gasteiger partial charge on any atom is 0.306 e. The molecule has 0 rings (SSSR count). The Balaban J connectivity index is 3.71.